The molecule has 1 amide bonds. The lowest BCUT2D eigenvalue weighted by Gasteiger charge is -2.38. The number of ether oxygens (including phenoxy) is 1. The topological polar surface area (TPSA) is 41.6 Å². The zero-order chi connectivity index (χ0) is 19.1. The molecule has 0 bridgehead atoms. The van der Waals surface area contributed by atoms with E-state index in [1.165, 1.54) is 6.07 Å². The molecule has 26 heavy (non-hydrogen) atoms. The molecular weight excluding hydrogens is 345 g/mol. The van der Waals surface area contributed by atoms with Crippen LogP contribution in [0.4, 0.5) is 13.2 Å². The summed E-state index contributed by atoms with van der Waals surface area (Å²) in [7, 11) is 0. The van der Waals surface area contributed by atoms with Gasteiger partial charge in [-0.2, -0.15) is 18.2 Å². The molecule has 1 heterocycles. The molecular formula is C19H21F3N2O2. The van der Waals surface area contributed by atoms with Crippen LogP contribution in [0.5, 0.6) is 5.75 Å². The van der Waals surface area contributed by atoms with E-state index in [0.29, 0.717) is 23.1 Å². The summed E-state index contributed by atoms with van der Waals surface area (Å²) in [5.41, 5.74) is 1.53. The van der Waals surface area contributed by atoms with Crippen LogP contribution in [0.3, 0.4) is 0 Å². The highest BCUT2D eigenvalue weighted by Gasteiger charge is 2.53. The second-order valence-corrected chi connectivity index (χ2v) is 6.97. The van der Waals surface area contributed by atoms with Crippen molar-refractivity contribution in [1.82, 2.24) is 10.4 Å². The Bertz CT molecular complexity index is 833. The van der Waals surface area contributed by atoms with Crippen LogP contribution in [0.1, 0.15) is 38.8 Å². The quantitative estimate of drug-likeness (QED) is 0.874. The van der Waals surface area contributed by atoms with E-state index in [-0.39, 0.29) is 12.0 Å². The summed E-state index contributed by atoms with van der Waals surface area (Å²) in [6.45, 7) is 5.49. The van der Waals surface area contributed by atoms with E-state index in [9.17, 15) is 18.0 Å². The third-order valence-electron chi connectivity index (χ3n) is 4.57. The average molecular weight is 366 g/mol. The van der Waals surface area contributed by atoms with Crippen molar-refractivity contribution >= 4 is 16.7 Å². The number of carbonyl (C=O) groups is 1. The lowest BCUT2D eigenvalue weighted by atomic mass is 9.93. The Balaban J connectivity index is 2.20. The summed E-state index contributed by atoms with van der Waals surface area (Å²) in [5.74, 6) is 0.122. The number of alkyl halides is 3. The fourth-order valence-corrected chi connectivity index (χ4v) is 3.49. The van der Waals surface area contributed by atoms with E-state index in [1.54, 1.807) is 44.2 Å². The normalized spacial score (nSPS) is 18.8. The Labute approximate surface area is 149 Å². The second kappa shape index (κ2) is 6.46. The van der Waals surface area contributed by atoms with Crippen molar-refractivity contribution < 1.29 is 22.7 Å². The molecule has 1 saturated heterocycles. The molecule has 0 spiro atoms. The number of benzene rings is 2. The van der Waals surface area contributed by atoms with Crippen LogP contribution in [0, 0.1) is 0 Å². The van der Waals surface area contributed by atoms with Crippen LogP contribution in [-0.2, 0) is 4.79 Å². The number of amides is 1. The van der Waals surface area contributed by atoms with Crippen molar-refractivity contribution in [2.45, 2.75) is 44.9 Å². The first-order valence-corrected chi connectivity index (χ1v) is 8.45. The number of rotatable bonds is 4. The van der Waals surface area contributed by atoms with E-state index >= 15 is 0 Å². The number of carbonyl (C=O) groups excluding carboxylic acids is 1. The lowest BCUT2D eigenvalue weighted by molar-refractivity contribution is -0.203. The van der Waals surface area contributed by atoms with Crippen LogP contribution in [0.2, 0.25) is 0 Å². The summed E-state index contributed by atoms with van der Waals surface area (Å²) in [6.07, 6.45) is -4.56. The highest BCUT2D eigenvalue weighted by molar-refractivity contribution is 5.91. The summed E-state index contributed by atoms with van der Waals surface area (Å²) >= 11 is 0. The van der Waals surface area contributed by atoms with Crippen LogP contribution >= 0.6 is 0 Å². The SMILES string of the molecule is CCOc1ccc(C(N2NC(=O)CC2(C)C)C(F)(F)F)c2ccccc12. The Hall–Kier alpha value is -2.28. The first-order valence-electron chi connectivity index (χ1n) is 8.45. The fraction of sp³-hybridized carbons (Fsp3) is 0.421. The van der Waals surface area contributed by atoms with Gasteiger partial charge in [0.05, 0.1) is 6.61 Å². The molecule has 3 rings (SSSR count). The van der Waals surface area contributed by atoms with Crippen molar-refractivity contribution in [1.29, 1.82) is 0 Å². The maximum atomic E-state index is 14.1. The minimum atomic E-state index is -4.56. The van der Waals surface area contributed by atoms with Crippen LogP contribution in [-0.4, -0.2) is 29.2 Å². The first-order chi connectivity index (χ1) is 12.1. The molecule has 2 aromatic carbocycles. The van der Waals surface area contributed by atoms with Gasteiger partial charge in [-0.25, -0.2) is 0 Å². The number of hydrazine groups is 1. The lowest BCUT2D eigenvalue weighted by Crippen LogP contribution is -2.51. The monoisotopic (exact) mass is 366 g/mol. The summed E-state index contributed by atoms with van der Waals surface area (Å²) < 4.78 is 47.8. The number of fused-ring (bicyclic) bond motifs is 1. The Morgan fingerprint density at radius 2 is 1.85 bits per heavy atom. The molecule has 7 heteroatoms. The third kappa shape index (κ3) is 3.23. The predicted molar refractivity (Wildman–Crippen MR) is 92.6 cm³/mol. The largest absolute Gasteiger partial charge is 0.493 e. The molecule has 1 unspecified atom stereocenters. The molecule has 0 radical (unpaired) electrons. The van der Waals surface area contributed by atoms with Gasteiger partial charge in [0, 0.05) is 17.3 Å². The molecule has 0 aromatic heterocycles. The molecule has 0 saturated carbocycles. The van der Waals surface area contributed by atoms with Crippen molar-refractivity contribution in [2.24, 2.45) is 0 Å². The number of hydrogen-bond donors (Lipinski definition) is 1. The van der Waals surface area contributed by atoms with Gasteiger partial charge < -0.3 is 4.74 Å². The molecule has 1 N–H and O–H groups in total. The van der Waals surface area contributed by atoms with Gasteiger partial charge in [-0.3, -0.25) is 10.2 Å². The Morgan fingerprint density at radius 3 is 2.38 bits per heavy atom. The van der Waals surface area contributed by atoms with Crippen molar-refractivity contribution in [2.75, 3.05) is 6.61 Å². The molecule has 1 atom stereocenters. The highest BCUT2D eigenvalue weighted by Crippen LogP contribution is 2.45. The van der Waals surface area contributed by atoms with Gasteiger partial charge in [-0.15, -0.1) is 0 Å². The third-order valence-corrected chi connectivity index (χ3v) is 4.57. The Kier molecular flexibility index (Phi) is 4.60. The van der Waals surface area contributed by atoms with Gasteiger partial charge >= 0.3 is 6.18 Å². The molecule has 0 aliphatic carbocycles. The zero-order valence-electron chi connectivity index (χ0n) is 14.9. The van der Waals surface area contributed by atoms with E-state index in [4.69, 9.17) is 4.74 Å². The van der Waals surface area contributed by atoms with Gasteiger partial charge in [-0.1, -0.05) is 30.3 Å². The van der Waals surface area contributed by atoms with Gasteiger partial charge in [0.25, 0.3) is 0 Å². The molecule has 1 fully saturated rings. The maximum Gasteiger partial charge on any atom is 0.409 e. The standard InChI is InChI=1S/C19H21F3N2O2/c1-4-26-15-10-9-14(12-7-5-6-8-13(12)15)17(19(20,21)22)24-18(2,3)11-16(25)23-24/h5-10,17H,4,11H2,1-3H3,(H,23,25). The fourth-order valence-electron chi connectivity index (χ4n) is 3.49. The average Bonchev–Trinajstić information content (AvgIpc) is 2.81. The molecule has 1 aliphatic heterocycles. The number of nitrogens with zero attached hydrogens (tertiary/aromatic N) is 1. The predicted octanol–water partition coefficient (Wildman–Crippen LogP) is 4.36. The van der Waals surface area contributed by atoms with Crippen molar-refractivity contribution in [3.05, 3.63) is 42.0 Å². The van der Waals surface area contributed by atoms with E-state index in [2.05, 4.69) is 5.43 Å². The van der Waals surface area contributed by atoms with Crippen LogP contribution < -0.4 is 10.2 Å². The summed E-state index contributed by atoms with van der Waals surface area (Å²) in [5, 5.41) is 2.10. The Morgan fingerprint density at radius 1 is 1.19 bits per heavy atom. The molecule has 1 aliphatic rings. The summed E-state index contributed by atoms with van der Waals surface area (Å²) in [6, 6.07) is 7.89. The summed E-state index contributed by atoms with van der Waals surface area (Å²) in [4.78, 5) is 11.8. The van der Waals surface area contributed by atoms with E-state index in [0.717, 1.165) is 5.01 Å². The number of hydrogen-bond acceptors (Lipinski definition) is 3. The minimum absolute atomic E-state index is 0.00847. The molecule has 2 aromatic rings. The smallest absolute Gasteiger partial charge is 0.409 e. The zero-order valence-corrected chi connectivity index (χ0v) is 14.9. The van der Waals surface area contributed by atoms with Crippen molar-refractivity contribution in [3.63, 3.8) is 0 Å². The van der Waals surface area contributed by atoms with Gasteiger partial charge in [0.2, 0.25) is 5.91 Å². The maximum absolute atomic E-state index is 14.1. The van der Waals surface area contributed by atoms with Crippen LogP contribution in [0.15, 0.2) is 36.4 Å². The number of nitrogens with one attached hydrogen (secondary N) is 1. The molecule has 4 nitrogen and oxygen atoms in total. The number of halogens is 3. The van der Waals surface area contributed by atoms with Gasteiger partial charge in [-0.05, 0) is 37.8 Å². The van der Waals surface area contributed by atoms with Gasteiger partial charge in [0.1, 0.15) is 5.75 Å². The first kappa shape index (κ1) is 18.5. The molecule has 140 valence electrons. The van der Waals surface area contributed by atoms with Gasteiger partial charge in [0.15, 0.2) is 6.04 Å². The van der Waals surface area contributed by atoms with Crippen molar-refractivity contribution in [3.8, 4) is 5.75 Å². The highest BCUT2D eigenvalue weighted by atomic mass is 19.4. The van der Waals surface area contributed by atoms with E-state index in [1.807, 2.05) is 6.92 Å². The van der Waals surface area contributed by atoms with Crippen LogP contribution in [0.25, 0.3) is 10.8 Å². The van der Waals surface area contributed by atoms with E-state index < -0.39 is 23.7 Å². The minimum Gasteiger partial charge on any atom is -0.493 e. The second-order valence-electron chi connectivity index (χ2n) is 6.97.